The first kappa shape index (κ1) is 15.8. The monoisotopic (exact) mass is 310 g/mol. The number of likely N-dealkylation sites (tertiary alicyclic amines) is 1. The molecular weight excluding hydrogens is 288 g/mol. The molecule has 1 unspecified atom stereocenters. The van der Waals surface area contributed by atoms with Crippen LogP contribution in [0.15, 0.2) is 17.5 Å². The molecule has 0 aromatic carbocycles. The zero-order valence-electron chi connectivity index (χ0n) is 12.2. The van der Waals surface area contributed by atoms with Crippen molar-refractivity contribution in [3.05, 3.63) is 22.4 Å². The molecular formula is C15H22N2O3S. The maximum atomic E-state index is 12.1. The molecule has 0 saturated carbocycles. The summed E-state index contributed by atoms with van der Waals surface area (Å²) in [5, 5.41) is 14.0. The smallest absolute Gasteiger partial charge is 0.317 e. The van der Waals surface area contributed by atoms with E-state index in [-0.39, 0.29) is 11.9 Å². The number of thiophene rings is 1. The number of aliphatic carboxylic acids is 1. The van der Waals surface area contributed by atoms with Crippen molar-refractivity contribution in [3.8, 4) is 0 Å². The van der Waals surface area contributed by atoms with Gasteiger partial charge in [0.1, 0.15) is 0 Å². The summed E-state index contributed by atoms with van der Waals surface area (Å²) in [4.78, 5) is 26.0. The summed E-state index contributed by atoms with van der Waals surface area (Å²) < 4.78 is 0. The van der Waals surface area contributed by atoms with Gasteiger partial charge >= 0.3 is 12.0 Å². The second kappa shape index (κ2) is 7.45. The number of nitrogens with one attached hydrogen (secondary N) is 1. The van der Waals surface area contributed by atoms with E-state index in [0.29, 0.717) is 38.4 Å². The Morgan fingerprint density at radius 1 is 1.48 bits per heavy atom. The fourth-order valence-electron chi connectivity index (χ4n) is 2.55. The summed E-state index contributed by atoms with van der Waals surface area (Å²) >= 11 is 1.74. The minimum Gasteiger partial charge on any atom is -0.481 e. The Labute approximate surface area is 129 Å². The van der Waals surface area contributed by atoms with Crippen LogP contribution < -0.4 is 5.32 Å². The van der Waals surface area contributed by atoms with Gasteiger partial charge in [-0.2, -0.15) is 0 Å². The highest BCUT2D eigenvalue weighted by Crippen LogP contribution is 2.17. The van der Waals surface area contributed by atoms with Gasteiger partial charge < -0.3 is 15.3 Å². The lowest BCUT2D eigenvalue weighted by atomic mass is 9.97. The number of amides is 2. The van der Waals surface area contributed by atoms with E-state index in [2.05, 4.69) is 23.7 Å². The van der Waals surface area contributed by atoms with Crippen LogP contribution in [0, 0.1) is 11.8 Å². The fraction of sp³-hybridized carbons (Fsp3) is 0.600. The minimum absolute atomic E-state index is 0.0723. The van der Waals surface area contributed by atoms with Gasteiger partial charge in [-0.05, 0) is 36.6 Å². The quantitative estimate of drug-likeness (QED) is 0.877. The Kier molecular flexibility index (Phi) is 5.61. The molecule has 6 heteroatoms. The van der Waals surface area contributed by atoms with Gasteiger partial charge in [-0.1, -0.05) is 13.0 Å². The van der Waals surface area contributed by atoms with E-state index in [0.717, 1.165) is 6.42 Å². The Hall–Kier alpha value is -1.56. The van der Waals surface area contributed by atoms with Crippen LogP contribution in [0.5, 0.6) is 0 Å². The van der Waals surface area contributed by atoms with E-state index in [1.54, 1.807) is 16.2 Å². The van der Waals surface area contributed by atoms with Gasteiger partial charge in [0.15, 0.2) is 0 Å². The van der Waals surface area contributed by atoms with Crippen LogP contribution in [-0.4, -0.2) is 41.6 Å². The topological polar surface area (TPSA) is 69.6 Å². The summed E-state index contributed by atoms with van der Waals surface area (Å²) in [6.45, 7) is 3.83. The summed E-state index contributed by atoms with van der Waals surface area (Å²) in [5.41, 5.74) is 0. The number of carbonyl (C=O) groups excluding carboxylic acids is 1. The molecule has 1 atom stereocenters. The first-order chi connectivity index (χ1) is 10.1. The van der Waals surface area contributed by atoms with Crippen LogP contribution >= 0.6 is 11.3 Å². The molecule has 1 aromatic rings. The number of carboxylic acid groups (broad SMARTS) is 1. The zero-order chi connectivity index (χ0) is 15.2. The van der Waals surface area contributed by atoms with Crippen molar-refractivity contribution >= 4 is 23.3 Å². The lowest BCUT2D eigenvalue weighted by Gasteiger charge is -2.30. The fourth-order valence-corrected chi connectivity index (χ4v) is 3.42. The summed E-state index contributed by atoms with van der Waals surface area (Å²) in [5.74, 6) is -0.657. The van der Waals surface area contributed by atoms with E-state index in [1.165, 1.54) is 4.88 Å². The predicted molar refractivity (Wildman–Crippen MR) is 82.5 cm³/mol. The molecule has 116 valence electrons. The van der Waals surface area contributed by atoms with E-state index in [1.807, 2.05) is 6.07 Å². The van der Waals surface area contributed by atoms with Crippen LogP contribution in [-0.2, 0) is 11.2 Å². The van der Waals surface area contributed by atoms with Gasteiger partial charge in [0.05, 0.1) is 5.92 Å². The van der Waals surface area contributed by atoms with E-state index in [9.17, 15) is 9.59 Å². The van der Waals surface area contributed by atoms with Crippen molar-refractivity contribution in [2.45, 2.75) is 26.2 Å². The van der Waals surface area contributed by atoms with Crippen molar-refractivity contribution in [2.24, 2.45) is 11.8 Å². The predicted octanol–water partition coefficient (Wildman–Crippen LogP) is 2.43. The zero-order valence-corrected chi connectivity index (χ0v) is 13.1. The molecule has 1 aromatic heterocycles. The van der Waals surface area contributed by atoms with E-state index in [4.69, 9.17) is 5.11 Å². The van der Waals surface area contributed by atoms with E-state index >= 15 is 0 Å². The third kappa shape index (κ3) is 4.74. The second-order valence-corrected chi connectivity index (χ2v) is 6.71. The molecule has 0 aliphatic carbocycles. The molecule has 0 bridgehead atoms. The van der Waals surface area contributed by atoms with Crippen molar-refractivity contribution in [3.63, 3.8) is 0 Å². The third-order valence-corrected chi connectivity index (χ3v) is 4.76. The number of nitrogens with zero attached hydrogens (tertiary/aromatic N) is 1. The van der Waals surface area contributed by atoms with Gasteiger partial charge in [0, 0.05) is 24.5 Å². The largest absolute Gasteiger partial charge is 0.481 e. The van der Waals surface area contributed by atoms with Gasteiger partial charge in [0.2, 0.25) is 0 Å². The summed E-state index contributed by atoms with van der Waals surface area (Å²) in [6.07, 6.45) is 2.07. The highest BCUT2D eigenvalue weighted by atomic mass is 32.1. The molecule has 5 nitrogen and oxygen atoms in total. The summed E-state index contributed by atoms with van der Waals surface area (Å²) in [6, 6.07) is 4.08. The lowest BCUT2D eigenvalue weighted by molar-refractivity contribution is -0.143. The molecule has 1 fully saturated rings. The van der Waals surface area contributed by atoms with E-state index < -0.39 is 5.97 Å². The molecule has 2 heterocycles. The number of rotatable bonds is 5. The standard InChI is InChI=1S/C15H22N2O3S/c1-11(9-13-3-2-8-21-13)10-16-15(20)17-6-4-12(5-7-17)14(18)19/h2-3,8,11-12H,4-7,9-10H2,1H3,(H,16,20)(H,18,19). The van der Waals surface area contributed by atoms with Crippen LogP contribution in [0.2, 0.25) is 0 Å². The van der Waals surface area contributed by atoms with Crippen LogP contribution in [0.25, 0.3) is 0 Å². The lowest BCUT2D eigenvalue weighted by Crippen LogP contribution is -2.46. The number of hydrogen-bond donors (Lipinski definition) is 2. The average Bonchev–Trinajstić information content (AvgIpc) is 2.97. The molecule has 2 amide bonds. The van der Waals surface area contributed by atoms with Crippen LogP contribution in [0.4, 0.5) is 4.79 Å². The third-order valence-electron chi connectivity index (χ3n) is 3.86. The van der Waals surface area contributed by atoms with Crippen LogP contribution in [0.3, 0.4) is 0 Å². The normalized spacial score (nSPS) is 17.5. The number of urea groups is 1. The number of carboxylic acids is 1. The number of hydrogen-bond acceptors (Lipinski definition) is 3. The Morgan fingerprint density at radius 2 is 2.19 bits per heavy atom. The second-order valence-electron chi connectivity index (χ2n) is 5.67. The van der Waals surface area contributed by atoms with Crippen molar-refractivity contribution < 1.29 is 14.7 Å². The van der Waals surface area contributed by atoms with Gasteiger partial charge in [-0.15, -0.1) is 11.3 Å². The molecule has 0 radical (unpaired) electrons. The molecule has 0 spiro atoms. The van der Waals surface area contributed by atoms with Gasteiger partial charge in [0.25, 0.3) is 0 Å². The van der Waals surface area contributed by atoms with Crippen molar-refractivity contribution in [2.75, 3.05) is 19.6 Å². The highest BCUT2D eigenvalue weighted by molar-refractivity contribution is 7.09. The average molecular weight is 310 g/mol. The maximum absolute atomic E-state index is 12.1. The number of carbonyl (C=O) groups is 2. The molecule has 1 saturated heterocycles. The Bertz CT molecular complexity index is 467. The van der Waals surface area contributed by atoms with Crippen molar-refractivity contribution in [1.29, 1.82) is 0 Å². The molecule has 1 aliphatic heterocycles. The van der Waals surface area contributed by atoms with Crippen LogP contribution in [0.1, 0.15) is 24.6 Å². The van der Waals surface area contributed by atoms with Crippen molar-refractivity contribution in [1.82, 2.24) is 10.2 Å². The Balaban J connectivity index is 1.69. The molecule has 2 rings (SSSR count). The highest BCUT2D eigenvalue weighted by Gasteiger charge is 2.26. The Morgan fingerprint density at radius 3 is 2.76 bits per heavy atom. The molecule has 1 aliphatic rings. The SMILES string of the molecule is CC(CNC(=O)N1CCC(C(=O)O)CC1)Cc1cccs1. The summed E-state index contributed by atoms with van der Waals surface area (Å²) in [7, 11) is 0. The maximum Gasteiger partial charge on any atom is 0.317 e. The molecule has 2 N–H and O–H groups in total. The molecule has 21 heavy (non-hydrogen) atoms. The first-order valence-electron chi connectivity index (χ1n) is 7.34. The number of piperidine rings is 1. The first-order valence-corrected chi connectivity index (χ1v) is 8.22. The minimum atomic E-state index is -0.750. The van der Waals surface area contributed by atoms with Gasteiger partial charge in [-0.25, -0.2) is 4.79 Å². The van der Waals surface area contributed by atoms with Gasteiger partial charge in [-0.3, -0.25) is 4.79 Å².